The Bertz CT molecular complexity index is 264. The number of Topliss-reactive ketones (excluding diaryl/α,β-unsaturated/α-hetero) is 1. The number of ether oxygens (including phenoxy) is 1. The van der Waals surface area contributed by atoms with Crippen molar-refractivity contribution in [3.05, 3.63) is 0 Å². The number of nitrogens with zero attached hydrogens (tertiary/aromatic N) is 1. The number of hydrogen-bond acceptors (Lipinski definition) is 3. The Labute approximate surface area is 83.2 Å². The van der Waals surface area contributed by atoms with E-state index in [1.54, 1.807) is 4.90 Å². The molecule has 0 N–H and O–H groups in total. The number of hydrogen-bond donors (Lipinski definition) is 0. The largest absolute Gasteiger partial charge is 0.378 e. The number of rotatable bonds is 1. The molecule has 2 fully saturated rings. The summed E-state index contributed by atoms with van der Waals surface area (Å²) in [6, 6.07) is 0.220. The van der Waals surface area contributed by atoms with Crippen LogP contribution in [0.3, 0.4) is 0 Å². The molecule has 0 saturated carbocycles. The van der Waals surface area contributed by atoms with E-state index in [1.165, 1.54) is 0 Å². The Morgan fingerprint density at radius 2 is 2.21 bits per heavy atom. The molecule has 0 radical (unpaired) electrons. The minimum atomic E-state index is -0.00546. The fraction of sp³-hybridized carbons (Fsp3) is 0.800. The van der Waals surface area contributed by atoms with E-state index in [2.05, 4.69) is 0 Å². The Morgan fingerprint density at radius 1 is 1.43 bits per heavy atom. The zero-order valence-electron chi connectivity index (χ0n) is 8.36. The second-order valence-electron chi connectivity index (χ2n) is 4.10. The fourth-order valence-corrected chi connectivity index (χ4v) is 2.19. The van der Waals surface area contributed by atoms with Crippen LogP contribution in [-0.2, 0) is 14.3 Å². The van der Waals surface area contributed by atoms with Gasteiger partial charge in [0, 0.05) is 12.6 Å². The molecule has 14 heavy (non-hydrogen) atoms. The van der Waals surface area contributed by atoms with Crippen molar-refractivity contribution in [1.29, 1.82) is 0 Å². The third-order valence-electron chi connectivity index (χ3n) is 2.91. The Balaban J connectivity index is 2.00. The molecule has 0 spiro atoms. The first-order valence-electron chi connectivity index (χ1n) is 5.09. The molecule has 4 heteroatoms. The van der Waals surface area contributed by atoms with Crippen LogP contribution in [0.15, 0.2) is 0 Å². The minimum absolute atomic E-state index is 0.00546. The van der Waals surface area contributed by atoms with Crippen LogP contribution in [0.25, 0.3) is 0 Å². The summed E-state index contributed by atoms with van der Waals surface area (Å²) < 4.78 is 5.41. The van der Waals surface area contributed by atoms with E-state index in [1.807, 2.05) is 6.92 Å². The van der Waals surface area contributed by atoms with Crippen LogP contribution in [-0.4, -0.2) is 41.9 Å². The van der Waals surface area contributed by atoms with Crippen LogP contribution in [0.2, 0.25) is 0 Å². The van der Waals surface area contributed by atoms with Crippen molar-refractivity contribution < 1.29 is 14.3 Å². The van der Waals surface area contributed by atoms with E-state index in [-0.39, 0.29) is 30.3 Å². The zero-order valence-corrected chi connectivity index (χ0v) is 8.36. The molecule has 1 amide bonds. The monoisotopic (exact) mass is 197 g/mol. The molecule has 0 aromatic rings. The molecule has 2 rings (SSSR count). The molecular weight excluding hydrogens is 182 g/mol. The van der Waals surface area contributed by atoms with Crippen LogP contribution in [0.1, 0.15) is 26.2 Å². The highest BCUT2D eigenvalue weighted by Gasteiger charge is 2.34. The maximum atomic E-state index is 11.5. The van der Waals surface area contributed by atoms with Crippen molar-refractivity contribution in [3.63, 3.8) is 0 Å². The first-order valence-corrected chi connectivity index (χ1v) is 5.09. The summed E-state index contributed by atoms with van der Waals surface area (Å²) in [6.07, 6.45) is 2.03. The number of amides is 1. The van der Waals surface area contributed by atoms with Gasteiger partial charge < -0.3 is 9.64 Å². The number of likely N-dealkylation sites (tertiary alicyclic amines) is 1. The molecule has 0 aromatic carbocycles. The highest BCUT2D eigenvalue weighted by atomic mass is 16.5. The maximum absolute atomic E-state index is 11.5. The number of carbonyl (C=O) groups is 2. The molecule has 78 valence electrons. The van der Waals surface area contributed by atoms with Gasteiger partial charge in [0.2, 0.25) is 5.91 Å². The van der Waals surface area contributed by atoms with Crippen LogP contribution >= 0.6 is 0 Å². The van der Waals surface area contributed by atoms with Crippen molar-refractivity contribution in [3.8, 4) is 0 Å². The van der Waals surface area contributed by atoms with Gasteiger partial charge in [-0.3, -0.25) is 9.59 Å². The second-order valence-corrected chi connectivity index (χ2v) is 4.10. The predicted octanol–water partition coefficient (Wildman–Crippen LogP) is 0.355. The van der Waals surface area contributed by atoms with Crippen molar-refractivity contribution in [2.75, 3.05) is 13.2 Å². The van der Waals surface area contributed by atoms with E-state index in [0.29, 0.717) is 13.2 Å². The van der Waals surface area contributed by atoms with Crippen LogP contribution < -0.4 is 0 Å². The SMILES string of the molecule is CC1CC(N2CC(=O)CC2=O)CCO1. The predicted molar refractivity (Wildman–Crippen MR) is 49.8 cm³/mol. The van der Waals surface area contributed by atoms with Crippen molar-refractivity contribution >= 4 is 11.7 Å². The van der Waals surface area contributed by atoms with Gasteiger partial charge in [-0.1, -0.05) is 0 Å². The average molecular weight is 197 g/mol. The van der Waals surface area contributed by atoms with Crippen molar-refractivity contribution in [2.45, 2.75) is 38.3 Å². The van der Waals surface area contributed by atoms with E-state index >= 15 is 0 Å². The maximum Gasteiger partial charge on any atom is 0.230 e. The van der Waals surface area contributed by atoms with Gasteiger partial charge in [-0.15, -0.1) is 0 Å². The molecule has 2 aliphatic heterocycles. The summed E-state index contributed by atoms with van der Waals surface area (Å²) in [4.78, 5) is 24.3. The second kappa shape index (κ2) is 3.69. The number of ketones is 1. The lowest BCUT2D eigenvalue weighted by atomic mass is 10.0. The molecule has 2 aliphatic rings. The van der Waals surface area contributed by atoms with Gasteiger partial charge in [-0.25, -0.2) is 0 Å². The molecule has 0 bridgehead atoms. The average Bonchev–Trinajstić information content (AvgIpc) is 2.45. The third-order valence-corrected chi connectivity index (χ3v) is 2.91. The Morgan fingerprint density at radius 3 is 2.79 bits per heavy atom. The topological polar surface area (TPSA) is 46.6 Å². The smallest absolute Gasteiger partial charge is 0.230 e. The zero-order chi connectivity index (χ0) is 10.1. The first-order chi connectivity index (χ1) is 6.66. The molecular formula is C10H15NO3. The summed E-state index contributed by atoms with van der Waals surface area (Å²) in [5, 5.41) is 0. The lowest BCUT2D eigenvalue weighted by molar-refractivity contribution is -0.132. The van der Waals surface area contributed by atoms with Gasteiger partial charge in [0.25, 0.3) is 0 Å². The molecule has 2 atom stereocenters. The van der Waals surface area contributed by atoms with Gasteiger partial charge in [-0.2, -0.15) is 0 Å². The van der Waals surface area contributed by atoms with Gasteiger partial charge >= 0.3 is 0 Å². The number of carbonyl (C=O) groups excluding carboxylic acids is 2. The summed E-state index contributed by atoms with van der Waals surface area (Å²) in [6.45, 7) is 3.02. The molecule has 2 saturated heterocycles. The molecule has 4 nitrogen and oxygen atoms in total. The van der Waals surface area contributed by atoms with Crippen LogP contribution in [0.5, 0.6) is 0 Å². The summed E-state index contributed by atoms with van der Waals surface area (Å²) in [7, 11) is 0. The van der Waals surface area contributed by atoms with E-state index < -0.39 is 0 Å². The highest BCUT2D eigenvalue weighted by Crippen LogP contribution is 2.22. The minimum Gasteiger partial charge on any atom is -0.378 e. The summed E-state index contributed by atoms with van der Waals surface area (Å²) in [5.74, 6) is 0.0447. The quantitative estimate of drug-likeness (QED) is 0.570. The van der Waals surface area contributed by atoms with E-state index in [9.17, 15) is 9.59 Å². The summed E-state index contributed by atoms with van der Waals surface area (Å²) >= 11 is 0. The van der Waals surface area contributed by atoms with Gasteiger partial charge in [-0.05, 0) is 19.8 Å². The Hall–Kier alpha value is -0.900. The van der Waals surface area contributed by atoms with Crippen LogP contribution in [0, 0.1) is 0 Å². The lowest BCUT2D eigenvalue weighted by Gasteiger charge is -2.33. The lowest BCUT2D eigenvalue weighted by Crippen LogP contribution is -2.42. The van der Waals surface area contributed by atoms with E-state index in [0.717, 1.165) is 12.8 Å². The molecule has 2 heterocycles. The van der Waals surface area contributed by atoms with E-state index in [4.69, 9.17) is 4.74 Å². The summed E-state index contributed by atoms with van der Waals surface area (Å²) in [5.41, 5.74) is 0. The molecule has 0 aliphatic carbocycles. The molecule has 0 aromatic heterocycles. The fourth-order valence-electron chi connectivity index (χ4n) is 2.19. The highest BCUT2D eigenvalue weighted by molar-refractivity contribution is 6.05. The Kier molecular flexibility index (Phi) is 2.54. The molecule has 2 unspecified atom stereocenters. The van der Waals surface area contributed by atoms with Crippen molar-refractivity contribution in [1.82, 2.24) is 4.90 Å². The van der Waals surface area contributed by atoms with Gasteiger partial charge in [0.15, 0.2) is 5.78 Å². The van der Waals surface area contributed by atoms with Crippen molar-refractivity contribution in [2.24, 2.45) is 0 Å². The normalized spacial score (nSPS) is 33.9. The van der Waals surface area contributed by atoms with Gasteiger partial charge in [0.1, 0.15) is 0 Å². The third kappa shape index (κ3) is 1.80. The van der Waals surface area contributed by atoms with Gasteiger partial charge in [0.05, 0.1) is 19.1 Å². The van der Waals surface area contributed by atoms with Crippen LogP contribution in [0.4, 0.5) is 0 Å². The standard InChI is InChI=1S/C10H15NO3/c1-7-4-8(2-3-14-7)11-6-9(12)5-10(11)13/h7-8H,2-6H2,1H3. The first kappa shape index (κ1) is 9.65.